The van der Waals surface area contributed by atoms with Crippen LogP contribution in [0.25, 0.3) is 11.0 Å². The van der Waals surface area contributed by atoms with Gasteiger partial charge in [-0.15, -0.1) is 11.3 Å². The molecule has 0 atom stereocenters. The Morgan fingerprint density at radius 2 is 1.65 bits per heavy atom. The molecule has 4 aromatic rings. The van der Waals surface area contributed by atoms with Crippen molar-refractivity contribution in [2.24, 2.45) is 0 Å². The third-order valence-electron chi connectivity index (χ3n) is 5.02. The molecule has 2 heterocycles. The Bertz CT molecular complexity index is 1490. The van der Waals surface area contributed by atoms with Crippen molar-refractivity contribution in [3.8, 4) is 0 Å². The summed E-state index contributed by atoms with van der Waals surface area (Å²) in [5.74, 6) is -1.01. The lowest BCUT2D eigenvalue weighted by Crippen LogP contribution is -2.16. The minimum atomic E-state index is -4.10. The molecule has 2 N–H and O–H groups in total. The summed E-state index contributed by atoms with van der Waals surface area (Å²) < 4.78 is 46.9. The topological polar surface area (TPSA) is 110 Å². The van der Waals surface area contributed by atoms with E-state index in [-0.39, 0.29) is 23.1 Å². The molecule has 0 aliphatic rings. The van der Waals surface area contributed by atoms with Crippen molar-refractivity contribution in [1.82, 2.24) is 9.97 Å². The molecule has 4 rings (SSSR count). The first-order valence-electron chi connectivity index (χ1n) is 10.3. The number of aryl methyl sites for hydroxylation is 1. The van der Waals surface area contributed by atoms with E-state index in [1.165, 1.54) is 11.3 Å². The van der Waals surface area contributed by atoms with E-state index in [1.54, 1.807) is 31.2 Å². The zero-order valence-corrected chi connectivity index (χ0v) is 20.2. The van der Waals surface area contributed by atoms with Crippen LogP contribution in [0.4, 0.5) is 21.0 Å². The van der Waals surface area contributed by atoms with Gasteiger partial charge in [-0.3, -0.25) is 4.72 Å². The van der Waals surface area contributed by atoms with Gasteiger partial charge in [-0.2, -0.15) is 0 Å². The maximum atomic E-state index is 13.3. The lowest BCUT2D eigenvalue weighted by Gasteiger charge is -2.14. The lowest BCUT2D eigenvalue weighted by molar-refractivity contribution is 0.0527. The summed E-state index contributed by atoms with van der Waals surface area (Å²) in [6.45, 7) is 5.62. The fraction of sp³-hybridized carbons (Fsp3) is 0.174. The van der Waals surface area contributed by atoms with Crippen molar-refractivity contribution < 1.29 is 22.3 Å². The van der Waals surface area contributed by atoms with Crippen molar-refractivity contribution >= 4 is 55.0 Å². The van der Waals surface area contributed by atoms with Crippen LogP contribution in [0.3, 0.4) is 0 Å². The first kappa shape index (κ1) is 23.6. The number of nitrogens with zero attached hydrogens (tertiary/aromatic N) is 2. The molecule has 0 saturated heterocycles. The van der Waals surface area contributed by atoms with Gasteiger partial charge in [-0.05, 0) is 62.7 Å². The van der Waals surface area contributed by atoms with Crippen molar-refractivity contribution in [3.63, 3.8) is 0 Å². The van der Waals surface area contributed by atoms with E-state index in [4.69, 9.17) is 4.74 Å². The highest BCUT2D eigenvalue weighted by Gasteiger charge is 2.24. The average molecular weight is 501 g/mol. The number of thiophene rings is 1. The van der Waals surface area contributed by atoms with Crippen LogP contribution in [0.5, 0.6) is 0 Å². The lowest BCUT2D eigenvalue weighted by atomic mass is 10.1. The summed E-state index contributed by atoms with van der Waals surface area (Å²) in [4.78, 5) is 22.3. The second kappa shape index (κ2) is 9.35. The first-order chi connectivity index (χ1) is 16.2. The standard InChI is InChI=1S/C23H21FN4O4S2/c1-4-32-23(29)19-13(2)14(3)33-22(19)27-20-21(26-18-8-6-5-7-17(18)25-20)28-34(30,31)16-11-9-15(24)10-12-16/h5-12H,4H2,1-3H3,(H,25,27)(H,26,28). The third kappa shape index (κ3) is 4.70. The number of carbonyl (C=O) groups is 1. The zero-order chi connectivity index (χ0) is 24.5. The van der Waals surface area contributed by atoms with Crippen LogP contribution in [0.15, 0.2) is 53.4 Å². The van der Waals surface area contributed by atoms with E-state index >= 15 is 0 Å². The van der Waals surface area contributed by atoms with E-state index < -0.39 is 21.8 Å². The molecule has 0 spiro atoms. The molecule has 0 aliphatic heterocycles. The van der Waals surface area contributed by atoms with Gasteiger partial charge in [-0.25, -0.2) is 27.6 Å². The number of rotatable bonds is 7. The molecule has 0 aliphatic carbocycles. The van der Waals surface area contributed by atoms with Gasteiger partial charge in [0.2, 0.25) is 0 Å². The number of nitrogens with one attached hydrogen (secondary N) is 2. The monoisotopic (exact) mass is 500 g/mol. The highest BCUT2D eigenvalue weighted by Crippen LogP contribution is 2.37. The second-order valence-electron chi connectivity index (χ2n) is 7.30. The number of ether oxygens (including phenoxy) is 1. The molecule has 0 saturated carbocycles. The van der Waals surface area contributed by atoms with Crippen LogP contribution >= 0.6 is 11.3 Å². The van der Waals surface area contributed by atoms with Gasteiger partial charge >= 0.3 is 5.97 Å². The van der Waals surface area contributed by atoms with Gasteiger partial charge in [0, 0.05) is 4.88 Å². The first-order valence-corrected chi connectivity index (χ1v) is 12.6. The summed E-state index contributed by atoms with van der Waals surface area (Å²) >= 11 is 1.32. The Labute approximate surface area is 199 Å². The van der Waals surface area contributed by atoms with Crippen LogP contribution in [0.1, 0.15) is 27.7 Å². The van der Waals surface area contributed by atoms with Crippen molar-refractivity contribution in [3.05, 3.63) is 70.4 Å². The summed E-state index contributed by atoms with van der Waals surface area (Å²) in [6.07, 6.45) is 0. The molecule has 11 heteroatoms. The molecule has 8 nitrogen and oxygen atoms in total. The Hall–Kier alpha value is -3.57. The largest absolute Gasteiger partial charge is 0.462 e. The number of carbonyl (C=O) groups excluding carboxylic acids is 1. The Morgan fingerprint density at radius 1 is 1.03 bits per heavy atom. The fourth-order valence-electron chi connectivity index (χ4n) is 3.23. The van der Waals surface area contributed by atoms with Gasteiger partial charge in [0.1, 0.15) is 10.8 Å². The van der Waals surface area contributed by atoms with E-state index in [2.05, 4.69) is 20.0 Å². The summed E-state index contributed by atoms with van der Waals surface area (Å²) in [5.41, 5.74) is 2.10. The summed E-state index contributed by atoms with van der Waals surface area (Å²) in [5, 5.41) is 3.53. The minimum absolute atomic E-state index is 0.0680. The third-order valence-corrected chi connectivity index (χ3v) is 7.50. The van der Waals surface area contributed by atoms with Crippen molar-refractivity contribution in [2.45, 2.75) is 25.7 Å². The number of halogens is 1. The number of para-hydroxylation sites is 2. The summed E-state index contributed by atoms with van der Waals surface area (Å²) in [6, 6.07) is 11.4. The van der Waals surface area contributed by atoms with E-state index in [1.807, 2.05) is 13.8 Å². The van der Waals surface area contributed by atoms with E-state index in [0.29, 0.717) is 21.6 Å². The van der Waals surface area contributed by atoms with Gasteiger partial charge < -0.3 is 10.1 Å². The van der Waals surface area contributed by atoms with Crippen LogP contribution in [0, 0.1) is 19.7 Å². The predicted octanol–water partition coefficient (Wildman–Crippen LogP) is 5.17. The highest BCUT2D eigenvalue weighted by molar-refractivity contribution is 7.92. The number of aromatic nitrogens is 2. The molecule has 176 valence electrons. The maximum absolute atomic E-state index is 13.3. The second-order valence-corrected chi connectivity index (χ2v) is 10.2. The van der Waals surface area contributed by atoms with Crippen LogP contribution in [-0.2, 0) is 14.8 Å². The SMILES string of the molecule is CCOC(=O)c1c(Nc2nc3ccccc3nc2NS(=O)(=O)c2ccc(F)cc2)sc(C)c1C. The molecule has 0 fully saturated rings. The number of sulfonamides is 1. The van der Waals surface area contributed by atoms with Crippen LogP contribution in [0.2, 0.25) is 0 Å². The smallest absolute Gasteiger partial charge is 0.341 e. The van der Waals surface area contributed by atoms with Gasteiger partial charge in [-0.1, -0.05) is 12.1 Å². The summed E-state index contributed by atoms with van der Waals surface area (Å²) in [7, 11) is -4.10. The van der Waals surface area contributed by atoms with Gasteiger partial charge in [0.05, 0.1) is 28.1 Å². The quantitative estimate of drug-likeness (QED) is 0.337. The highest BCUT2D eigenvalue weighted by atomic mass is 32.2. The number of hydrogen-bond acceptors (Lipinski definition) is 8. The normalized spacial score (nSPS) is 11.4. The molecule has 0 amide bonds. The number of fused-ring (bicyclic) bond motifs is 1. The molecule has 34 heavy (non-hydrogen) atoms. The van der Waals surface area contributed by atoms with E-state index in [0.717, 1.165) is 34.7 Å². The Kier molecular flexibility index (Phi) is 6.49. The molecular weight excluding hydrogens is 479 g/mol. The van der Waals surface area contributed by atoms with Crippen LogP contribution in [-0.4, -0.2) is 31.0 Å². The van der Waals surface area contributed by atoms with Crippen molar-refractivity contribution in [1.29, 1.82) is 0 Å². The van der Waals surface area contributed by atoms with Crippen LogP contribution < -0.4 is 10.0 Å². The maximum Gasteiger partial charge on any atom is 0.341 e. The molecular formula is C23H21FN4O4S2. The average Bonchev–Trinajstić information content (AvgIpc) is 3.07. The number of esters is 1. The van der Waals surface area contributed by atoms with Gasteiger partial charge in [0.25, 0.3) is 10.0 Å². The number of benzene rings is 2. The predicted molar refractivity (Wildman–Crippen MR) is 130 cm³/mol. The molecule has 2 aromatic heterocycles. The molecule has 2 aromatic carbocycles. The molecule has 0 bridgehead atoms. The Balaban J connectivity index is 1.81. The molecule has 0 radical (unpaired) electrons. The molecule has 0 unspecified atom stereocenters. The van der Waals surface area contributed by atoms with Crippen molar-refractivity contribution in [2.75, 3.05) is 16.6 Å². The van der Waals surface area contributed by atoms with Gasteiger partial charge in [0.15, 0.2) is 11.6 Å². The Morgan fingerprint density at radius 3 is 2.26 bits per heavy atom. The number of hydrogen-bond donors (Lipinski definition) is 2. The van der Waals surface area contributed by atoms with E-state index in [9.17, 15) is 17.6 Å². The minimum Gasteiger partial charge on any atom is -0.462 e. The fourth-order valence-corrected chi connectivity index (χ4v) is 5.29. The zero-order valence-electron chi connectivity index (χ0n) is 18.5. The number of anilines is 3.